The molecule has 2 aromatic carbocycles. The summed E-state index contributed by atoms with van der Waals surface area (Å²) in [5, 5.41) is 14.7. The van der Waals surface area contributed by atoms with Crippen LogP contribution in [0, 0.1) is 0 Å². The highest BCUT2D eigenvalue weighted by Gasteiger charge is 2.14. The zero-order chi connectivity index (χ0) is 18.7. The molecule has 0 aliphatic carbocycles. The molecule has 1 N–H and O–H groups in total. The van der Waals surface area contributed by atoms with Crippen molar-refractivity contribution < 1.29 is 19.1 Å². The first-order valence-electron chi connectivity index (χ1n) is 7.44. The Bertz CT molecular complexity index is 927. The topological polar surface area (TPSA) is 77.6 Å². The van der Waals surface area contributed by atoms with Gasteiger partial charge in [0.05, 0.1) is 14.2 Å². The van der Waals surface area contributed by atoms with Crippen molar-refractivity contribution >= 4 is 34.3 Å². The Morgan fingerprint density at radius 2 is 1.73 bits per heavy atom. The lowest BCUT2D eigenvalue weighted by molar-refractivity contribution is 0.340. The van der Waals surface area contributed by atoms with E-state index in [1.54, 1.807) is 42.5 Å². The van der Waals surface area contributed by atoms with E-state index in [0.29, 0.717) is 16.4 Å². The maximum absolute atomic E-state index is 9.96. The van der Waals surface area contributed by atoms with E-state index in [9.17, 15) is 5.11 Å². The average Bonchev–Trinajstić information content (AvgIpc) is 3.13. The van der Waals surface area contributed by atoms with Crippen LogP contribution in [-0.2, 0) is 0 Å². The van der Waals surface area contributed by atoms with E-state index in [2.05, 4.69) is 10.1 Å². The third-order valence-electron chi connectivity index (χ3n) is 3.53. The van der Waals surface area contributed by atoms with Crippen LogP contribution >= 0.6 is 23.2 Å². The van der Waals surface area contributed by atoms with Crippen LogP contribution in [0.4, 0.5) is 0 Å². The molecule has 6 nitrogen and oxygen atoms in total. The molecule has 26 heavy (non-hydrogen) atoms. The quantitative estimate of drug-likeness (QED) is 0.668. The Balaban J connectivity index is 1.92. The fourth-order valence-electron chi connectivity index (χ4n) is 2.24. The highest BCUT2D eigenvalue weighted by molar-refractivity contribution is 6.50. The van der Waals surface area contributed by atoms with E-state index < -0.39 is 0 Å². The molecular formula is C18H14Cl2N2O4. The SMILES string of the molecule is COc1cc(/C=C(\Cl)c2nc(-c3ccc(Cl)cc3)no2)cc(OC)c1O. The largest absolute Gasteiger partial charge is 0.502 e. The maximum atomic E-state index is 9.96. The number of benzene rings is 2. The maximum Gasteiger partial charge on any atom is 0.269 e. The number of phenolic OH excluding ortho intramolecular Hbond substituents is 1. The number of hydrogen-bond donors (Lipinski definition) is 1. The summed E-state index contributed by atoms with van der Waals surface area (Å²) in [5.41, 5.74) is 1.38. The van der Waals surface area contributed by atoms with Gasteiger partial charge in [-0.3, -0.25) is 0 Å². The Labute approximate surface area is 159 Å². The van der Waals surface area contributed by atoms with Crippen LogP contribution in [-0.4, -0.2) is 29.5 Å². The van der Waals surface area contributed by atoms with E-state index in [-0.39, 0.29) is 28.2 Å². The van der Waals surface area contributed by atoms with Crippen molar-refractivity contribution in [2.24, 2.45) is 0 Å². The summed E-state index contributed by atoms with van der Waals surface area (Å²) in [4.78, 5) is 4.28. The van der Waals surface area contributed by atoms with Gasteiger partial charge >= 0.3 is 0 Å². The molecular weight excluding hydrogens is 379 g/mol. The minimum Gasteiger partial charge on any atom is -0.502 e. The van der Waals surface area contributed by atoms with Gasteiger partial charge in [0.2, 0.25) is 11.6 Å². The van der Waals surface area contributed by atoms with Crippen molar-refractivity contribution in [3.63, 3.8) is 0 Å². The Morgan fingerprint density at radius 1 is 1.12 bits per heavy atom. The van der Waals surface area contributed by atoms with Gasteiger partial charge in [0.15, 0.2) is 11.5 Å². The van der Waals surface area contributed by atoms with Gasteiger partial charge in [-0.05, 0) is 48.0 Å². The number of halogens is 2. The smallest absolute Gasteiger partial charge is 0.269 e. The number of rotatable bonds is 5. The first-order valence-corrected chi connectivity index (χ1v) is 8.19. The van der Waals surface area contributed by atoms with Gasteiger partial charge in [-0.1, -0.05) is 28.4 Å². The molecule has 0 radical (unpaired) electrons. The molecule has 0 saturated carbocycles. The van der Waals surface area contributed by atoms with Gasteiger partial charge in [0, 0.05) is 10.6 Å². The van der Waals surface area contributed by atoms with Crippen molar-refractivity contribution in [3.8, 4) is 28.6 Å². The van der Waals surface area contributed by atoms with Gasteiger partial charge in [-0.25, -0.2) is 0 Å². The minimum atomic E-state index is -0.0916. The average molecular weight is 393 g/mol. The first-order chi connectivity index (χ1) is 12.5. The summed E-state index contributed by atoms with van der Waals surface area (Å²) in [5.74, 6) is 0.970. The van der Waals surface area contributed by atoms with E-state index in [4.69, 9.17) is 37.2 Å². The lowest BCUT2D eigenvalue weighted by Gasteiger charge is -2.09. The number of aromatic nitrogens is 2. The van der Waals surface area contributed by atoms with Crippen molar-refractivity contribution in [1.82, 2.24) is 10.1 Å². The van der Waals surface area contributed by atoms with Crippen LogP contribution < -0.4 is 9.47 Å². The molecule has 3 rings (SSSR count). The molecule has 3 aromatic rings. The fraction of sp³-hybridized carbons (Fsp3) is 0.111. The summed E-state index contributed by atoms with van der Waals surface area (Å²) in [6, 6.07) is 10.3. The van der Waals surface area contributed by atoms with Gasteiger partial charge < -0.3 is 19.1 Å². The van der Waals surface area contributed by atoms with Gasteiger partial charge in [0.25, 0.3) is 5.89 Å². The monoisotopic (exact) mass is 392 g/mol. The summed E-state index contributed by atoms with van der Waals surface area (Å²) in [7, 11) is 2.89. The van der Waals surface area contributed by atoms with Crippen LogP contribution in [0.15, 0.2) is 40.9 Å². The first kappa shape index (κ1) is 18.1. The van der Waals surface area contributed by atoms with Crippen LogP contribution in [0.3, 0.4) is 0 Å². The number of phenols is 1. The predicted octanol–water partition coefficient (Wildman–Crippen LogP) is 4.85. The molecule has 1 aromatic heterocycles. The lowest BCUT2D eigenvalue weighted by atomic mass is 10.1. The molecule has 0 aliphatic rings. The van der Waals surface area contributed by atoms with Crippen LogP contribution in [0.25, 0.3) is 22.5 Å². The molecule has 0 unspecified atom stereocenters. The second-order valence-electron chi connectivity index (χ2n) is 5.20. The number of nitrogens with zero attached hydrogens (tertiary/aromatic N) is 2. The number of methoxy groups -OCH3 is 2. The number of hydrogen-bond acceptors (Lipinski definition) is 6. The third kappa shape index (κ3) is 3.76. The van der Waals surface area contributed by atoms with Crippen LogP contribution in [0.5, 0.6) is 17.2 Å². The molecule has 0 atom stereocenters. The summed E-state index contributed by atoms with van der Waals surface area (Å²) in [6.07, 6.45) is 1.60. The zero-order valence-corrected chi connectivity index (χ0v) is 15.4. The minimum absolute atomic E-state index is 0.0916. The van der Waals surface area contributed by atoms with Crippen LogP contribution in [0.2, 0.25) is 5.02 Å². The summed E-state index contributed by atoms with van der Waals surface area (Å²) in [6.45, 7) is 0. The second-order valence-corrected chi connectivity index (χ2v) is 6.04. The number of aromatic hydroxyl groups is 1. The molecule has 8 heteroatoms. The highest BCUT2D eigenvalue weighted by atomic mass is 35.5. The van der Waals surface area contributed by atoms with Crippen molar-refractivity contribution in [2.45, 2.75) is 0 Å². The van der Waals surface area contributed by atoms with E-state index in [1.165, 1.54) is 14.2 Å². The Morgan fingerprint density at radius 3 is 2.31 bits per heavy atom. The Kier molecular flexibility index (Phi) is 5.35. The molecule has 134 valence electrons. The fourth-order valence-corrected chi connectivity index (χ4v) is 2.57. The predicted molar refractivity (Wildman–Crippen MR) is 99.7 cm³/mol. The molecule has 0 bridgehead atoms. The van der Waals surface area contributed by atoms with Gasteiger partial charge in [-0.15, -0.1) is 0 Å². The Hall–Kier alpha value is -2.70. The van der Waals surface area contributed by atoms with Crippen molar-refractivity contribution in [1.29, 1.82) is 0 Å². The lowest BCUT2D eigenvalue weighted by Crippen LogP contribution is -1.90. The van der Waals surface area contributed by atoms with E-state index >= 15 is 0 Å². The zero-order valence-electron chi connectivity index (χ0n) is 13.9. The van der Waals surface area contributed by atoms with Gasteiger partial charge in [0.1, 0.15) is 5.03 Å². The van der Waals surface area contributed by atoms with Crippen LogP contribution in [0.1, 0.15) is 11.5 Å². The molecule has 0 fully saturated rings. The normalized spacial score (nSPS) is 11.5. The molecule has 0 amide bonds. The second kappa shape index (κ2) is 7.68. The summed E-state index contributed by atoms with van der Waals surface area (Å²) < 4.78 is 15.5. The van der Waals surface area contributed by atoms with Crippen molar-refractivity contribution in [3.05, 3.63) is 52.9 Å². The molecule has 0 spiro atoms. The molecule has 0 saturated heterocycles. The molecule has 0 aliphatic heterocycles. The highest BCUT2D eigenvalue weighted by Crippen LogP contribution is 2.38. The standard InChI is InChI=1S/C18H14Cl2N2O4/c1-24-14-8-10(9-15(25-2)16(14)23)7-13(20)18-21-17(22-26-18)11-3-5-12(19)6-4-11/h3-9,23H,1-2H3/b13-7-. The van der Waals surface area contributed by atoms with Crippen molar-refractivity contribution in [2.75, 3.05) is 14.2 Å². The summed E-state index contributed by atoms with van der Waals surface area (Å²) >= 11 is 12.2. The van der Waals surface area contributed by atoms with E-state index in [1.807, 2.05) is 0 Å². The molecule has 1 heterocycles. The van der Waals surface area contributed by atoms with Gasteiger partial charge in [-0.2, -0.15) is 4.98 Å². The number of ether oxygens (including phenoxy) is 2. The van der Waals surface area contributed by atoms with E-state index in [0.717, 1.165) is 5.56 Å². The third-order valence-corrected chi connectivity index (χ3v) is 4.05.